The normalized spacial score (nSPS) is 11.8. The molecule has 1 atom stereocenters. The lowest BCUT2D eigenvalue weighted by Crippen LogP contribution is -2.02. The van der Waals surface area contributed by atoms with Gasteiger partial charge in [-0.2, -0.15) is 0 Å². The number of hydrogen-bond acceptors (Lipinski definition) is 3. The molecule has 0 spiro atoms. The number of aliphatic hydroxyl groups is 1. The molecule has 0 saturated heterocycles. The van der Waals surface area contributed by atoms with E-state index in [1.165, 1.54) is 0 Å². The Kier molecular flexibility index (Phi) is 4.82. The summed E-state index contributed by atoms with van der Waals surface area (Å²) in [7, 11) is 1.58. The molecular weight excluding hydrogens is 218 g/mol. The molecular formula is C12H17N3O2. The van der Waals surface area contributed by atoms with Gasteiger partial charge in [0.25, 0.3) is 0 Å². The minimum atomic E-state index is -0.390. The molecule has 0 bridgehead atoms. The second-order valence-electron chi connectivity index (χ2n) is 3.91. The Balaban J connectivity index is 3.25. The summed E-state index contributed by atoms with van der Waals surface area (Å²) in [4.78, 5) is 2.82. The fraction of sp³-hybridized carbons (Fsp3) is 0.500. The number of azide groups is 1. The van der Waals surface area contributed by atoms with Gasteiger partial charge in [0.05, 0.1) is 13.2 Å². The van der Waals surface area contributed by atoms with E-state index in [1.54, 1.807) is 7.11 Å². The van der Waals surface area contributed by atoms with E-state index in [2.05, 4.69) is 10.0 Å². The lowest BCUT2D eigenvalue weighted by molar-refractivity contribution is 0.275. The Hall–Kier alpha value is -1.71. The Morgan fingerprint density at radius 3 is 2.59 bits per heavy atom. The summed E-state index contributed by atoms with van der Waals surface area (Å²) in [6.45, 7) is 3.96. The molecule has 0 aliphatic heterocycles. The molecule has 5 heteroatoms. The van der Waals surface area contributed by atoms with Gasteiger partial charge < -0.3 is 9.84 Å². The van der Waals surface area contributed by atoms with Crippen LogP contribution in [0.2, 0.25) is 0 Å². The lowest BCUT2D eigenvalue weighted by atomic mass is 9.98. The zero-order valence-corrected chi connectivity index (χ0v) is 10.3. The molecule has 0 aliphatic carbocycles. The fourth-order valence-electron chi connectivity index (χ4n) is 1.71. The summed E-state index contributed by atoms with van der Waals surface area (Å²) >= 11 is 0. The van der Waals surface area contributed by atoms with Gasteiger partial charge in [-0.05, 0) is 43.0 Å². The van der Waals surface area contributed by atoms with E-state index in [-0.39, 0.29) is 12.6 Å². The molecule has 0 aromatic heterocycles. The average Bonchev–Trinajstić information content (AvgIpc) is 2.32. The third-order valence-corrected chi connectivity index (χ3v) is 2.80. The Morgan fingerprint density at radius 1 is 1.41 bits per heavy atom. The monoisotopic (exact) mass is 235 g/mol. The van der Waals surface area contributed by atoms with Crippen LogP contribution in [0.5, 0.6) is 5.75 Å². The fourth-order valence-corrected chi connectivity index (χ4v) is 1.71. The van der Waals surface area contributed by atoms with Gasteiger partial charge in [-0.3, -0.25) is 0 Å². The molecule has 1 rings (SSSR count). The van der Waals surface area contributed by atoms with Gasteiger partial charge in [0, 0.05) is 17.1 Å². The van der Waals surface area contributed by atoms with Crippen LogP contribution >= 0.6 is 0 Å². The van der Waals surface area contributed by atoms with Gasteiger partial charge >= 0.3 is 0 Å². The zero-order chi connectivity index (χ0) is 12.8. The molecule has 0 fully saturated rings. The van der Waals surface area contributed by atoms with Crippen LogP contribution in [0.4, 0.5) is 0 Å². The van der Waals surface area contributed by atoms with E-state index < -0.39 is 0 Å². The molecule has 0 radical (unpaired) electrons. The van der Waals surface area contributed by atoms with Crippen LogP contribution in [0.1, 0.15) is 29.2 Å². The summed E-state index contributed by atoms with van der Waals surface area (Å²) in [5.41, 5.74) is 11.6. The summed E-state index contributed by atoms with van der Waals surface area (Å²) in [6.07, 6.45) is 0.392. The molecule has 1 aromatic rings. The van der Waals surface area contributed by atoms with Crippen LogP contribution in [0.25, 0.3) is 10.4 Å². The van der Waals surface area contributed by atoms with Crippen molar-refractivity contribution in [2.45, 2.75) is 26.3 Å². The van der Waals surface area contributed by atoms with Crippen LogP contribution in [0, 0.1) is 13.8 Å². The number of hydrogen-bond donors (Lipinski definition) is 1. The van der Waals surface area contributed by atoms with Crippen LogP contribution in [0.3, 0.4) is 0 Å². The lowest BCUT2D eigenvalue weighted by Gasteiger charge is -2.16. The van der Waals surface area contributed by atoms with Crippen molar-refractivity contribution in [3.05, 3.63) is 39.3 Å². The maximum Gasteiger partial charge on any atom is 0.122 e. The summed E-state index contributed by atoms with van der Waals surface area (Å²) < 4.78 is 5.29. The van der Waals surface area contributed by atoms with Gasteiger partial charge in [0.15, 0.2) is 0 Å². The average molecular weight is 235 g/mol. The van der Waals surface area contributed by atoms with E-state index in [9.17, 15) is 0 Å². The van der Waals surface area contributed by atoms with Crippen molar-refractivity contribution in [1.29, 1.82) is 0 Å². The highest BCUT2D eigenvalue weighted by Crippen LogP contribution is 2.32. The van der Waals surface area contributed by atoms with Crippen LogP contribution < -0.4 is 4.74 Å². The van der Waals surface area contributed by atoms with E-state index >= 15 is 0 Å². The van der Waals surface area contributed by atoms with E-state index in [4.69, 9.17) is 15.4 Å². The topological polar surface area (TPSA) is 78.2 Å². The molecule has 0 saturated carbocycles. The van der Waals surface area contributed by atoms with Gasteiger partial charge in [-0.1, -0.05) is 11.2 Å². The van der Waals surface area contributed by atoms with Gasteiger partial charge in [-0.25, -0.2) is 0 Å². The van der Waals surface area contributed by atoms with Crippen molar-refractivity contribution in [1.82, 2.24) is 0 Å². The molecule has 17 heavy (non-hydrogen) atoms. The predicted octanol–water partition coefficient (Wildman–Crippen LogP) is 3.05. The maximum atomic E-state index is 8.99. The Bertz CT molecular complexity index is 440. The zero-order valence-electron chi connectivity index (χ0n) is 10.3. The highest BCUT2D eigenvalue weighted by atomic mass is 16.5. The largest absolute Gasteiger partial charge is 0.496 e. The SMILES string of the molecule is COc1cc(C)c(C)cc1C(CCO)N=[N+]=[N-]. The quantitative estimate of drug-likeness (QED) is 0.483. The first-order valence-corrected chi connectivity index (χ1v) is 5.44. The standard InChI is InChI=1S/C12H17N3O2/c1-8-6-10(11(4-5-16)14-15-13)12(17-3)7-9(8)2/h6-7,11,16H,4-5H2,1-3H3. The number of methoxy groups -OCH3 is 1. The molecule has 0 amide bonds. The highest BCUT2D eigenvalue weighted by molar-refractivity contribution is 5.43. The first-order chi connectivity index (χ1) is 8.13. The van der Waals surface area contributed by atoms with Crippen LogP contribution in [-0.2, 0) is 0 Å². The molecule has 1 aromatic carbocycles. The van der Waals surface area contributed by atoms with Crippen molar-refractivity contribution >= 4 is 0 Å². The molecule has 0 aliphatic rings. The molecule has 1 N–H and O–H groups in total. The molecule has 92 valence electrons. The van der Waals surface area contributed by atoms with Crippen LogP contribution in [-0.4, -0.2) is 18.8 Å². The number of benzene rings is 1. The number of rotatable bonds is 5. The van der Waals surface area contributed by atoms with Crippen molar-refractivity contribution < 1.29 is 9.84 Å². The van der Waals surface area contributed by atoms with Gasteiger partial charge in [0.2, 0.25) is 0 Å². The van der Waals surface area contributed by atoms with E-state index in [1.807, 2.05) is 26.0 Å². The Labute approximate surface area is 101 Å². The van der Waals surface area contributed by atoms with Gasteiger partial charge in [0.1, 0.15) is 5.75 Å². The third kappa shape index (κ3) is 3.12. The molecule has 5 nitrogen and oxygen atoms in total. The highest BCUT2D eigenvalue weighted by Gasteiger charge is 2.15. The maximum absolute atomic E-state index is 8.99. The minimum absolute atomic E-state index is 0.0280. The third-order valence-electron chi connectivity index (χ3n) is 2.80. The number of aliphatic hydroxyl groups excluding tert-OH is 1. The van der Waals surface area contributed by atoms with Crippen LogP contribution in [0.15, 0.2) is 17.2 Å². The van der Waals surface area contributed by atoms with E-state index in [0.717, 1.165) is 16.7 Å². The first kappa shape index (κ1) is 13.4. The number of ether oxygens (including phenoxy) is 1. The number of aryl methyl sites for hydroxylation is 2. The van der Waals surface area contributed by atoms with Crippen molar-refractivity contribution in [3.8, 4) is 5.75 Å². The van der Waals surface area contributed by atoms with Gasteiger partial charge in [-0.15, -0.1) is 0 Å². The Morgan fingerprint density at radius 2 is 2.06 bits per heavy atom. The summed E-state index contributed by atoms with van der Waals surface area (Å²) in [5, 5.41) is 12.7. The number of nitrogens with zero attached hydrogens (tertiary/aromatic N) is 3. The van der Waals surface area contributed by atoms with E-state index in [0.29, 0.717) is 12.2 Å². The predicted molar refractivity (Wildman–Crippen MR) is 66.1 cm³/mol. The van der Waals surface area contributed by atoms with Crippen molar-refractivity contribution in [2.75, 3.05) is 13.7 Å². The van der Waals surface area contributed by atoms with Crippen molar-refractivity contribution in [2.24, 2.45) is 5.11 Å². The second kappa shape index (κ2) is 6.13. The first-order valence-electron chi connectivity index (χ1n) is 5.44. The van der Waals surface area contributed by atoms with Crippen molar-refractivity contribution in [3.63, 3.8) is 0 Å². The smallest absolute Gasteiger partial charge is 0.122 e. The summed E-state index contributed by atoms with van der Waals surface area (Å²) in [5.74, 6) is 0.693. The minimum Gasteiger partial charge on any atom is -0.496 e. The second-order valence-corrected chi connectivity index (χ2v) is 3.91. The molecule has 1 unspecified atom stereocenters. The summed E-state index contributed by atoms with van der Waals surface area (Å²) in [6, 6.07) is 3.48. The molecule has 0 heterocycles.